The molecule has 0 aromatic heterocycles. The monoisotopic (exact) mass is 432 g/mol. The number of rotatable bonds is 7. The van der Waals surface area contributed by atoms with E-state index in [0.29, 0.717) is 0 Å². The summed E-state index contributed by atoms with van der Waals surface area (Å²) in [5.41, 5.74) is 0.808. The highest BCUT2D eigenvalue weighted by Crippen LogP contribution is 2.29. The van der Waals surface area contributed by atoms with Crippen molar-refractivity contribution in [2.75, 3.05) is 13.2 Å². The lowest BCUT2D eigenvalue weighted by molar-refractivity contribution is -0.360. The minimum absolute atomic E-state index is 0.0890. The molecule has 0 saturated carbocycles. The molecule has 1 aromatic carbocycles. The summed E-state index contributed by atoms with van der Waals surface area (Å²) in [6.45, 7) is -1.18. The van der Waals surface area contributed by atoms with Crippen molar-refractivity contribution in [2.24, 2.45) is 0 Å². The summed E-state index contributed by atoms with van der Waals surface area (Å²) in [4.78, 5) is 0. The number of benzene rings is 1. The van der Waals surface area contributed by atoms with Crippen LogP contribution in [0.5, 0.6) is 0 Å². The molecular weight excluding hydrogens is 404 g/mol. The highest BCUT2D eigenvalue weighted by molar-refractivity contribution is 5.13. The summed E-state index contributed by atoms with van der Waals surface area (Å²) in [6.07, 6.45) is -14.7. The van der Waals surface area contributed by atoms with Gasteiger partial charge in [0.05, 0.1) is 19.8 Å². The van der Waals surface area contributed by atoms with Gasteiger partial charge in [0, 0.05) is 0 Å². The van der Waals surface area contributed by atoms with Crippen LogP contribution in [-0.2, 0) is 25.6 Å². The lowest BCUT2D eigenvalue weighted by Gasteiger charge is -2.45. The van der Waals surface area contributed by atoms with Crippen molar-refractivity contribution in [1.82, 2.24) is 0 Å². The van der Waals surface area contributed by atoms with Gasteiger partial charge in [-0.05, 0) is 5.56 Å². The Morgan fingerprint density at radius 1 is 0.700 bits per heavy atom. The molecule has 170 valence electrons. The molecule has 2 aliphatic heterocycles. The van der Waals surface area contributed by atoms with Crippen LogP contribution in [0.3, 0.4) is 0 Å². The first kappa shape index (κ1) is 23.4. The summed E-state index contributed by atoms with van der Waals surface area (Å²) < 4.78 is 21.8. The molecule has 30 heavy (non-hydrogen) atoms. The van der Waals surface area contributed by atoms with E-state index in [9.17, 15) is 35.7 Å². The first-order chi connectivity index (χ1) is 14.4. The predicted octanol–water partition coefficient (Wildman–Crippen LogP) is -3.17. The quantitative estimate of drug-likeness (QED) is 0.231. The van der Waals surface area contributed by atoms with Crippen molar-refractivity contribution in [3.05, 3.63) is 35.9 Å². The molecule has 0 bridgehead atoms. The molecule has 1 aromatic rings. The van der Waals surface area contributed by atoms with Gasteiger partial charge in [-0.1, -0.05) is 30.3 Å². The third-order valence-electron chi connectivity index (χ3n) is 5.22. The largest absolute Gasteiger partial charge is 0.394 e. The van der Waals surface area contributed by atoms with Gasteiger partial charge < -0.3 is 54.7 Å². The van der Waals surface area contributed by atoms with Crippen LogP contribution in [-0.4, -0.2) is 110 Å². The molecule has 0 spiro atoms. The number of aliphatic hydroxyl groups excluding tert-OH is 7. The maximum atomic E-state index is 10.5. The highest BCUT2D eigenvalue weighted by Gasteiger charge is 2.50. The SMILES string of the molecule is OC[C@H]1O[C@H](O[C@H]2[C@H](O)[C@@H](O)[C@@H](OCc3ccccc3)O[C@@H]2CO)[C@H](O)[C@@H](O)[C@@H]1O. The van der Waals surface area contributed by atoms with Crippen LogP contribution in [0.25, 0.3) is 0 Å². The molecule has 11 heteroatoms. The van der Waals surface area contributed by atoms with Crippen molar-refractivity contribution >= 4 is 0 Å². The third kappa shape index (κ3) is 4.98. The van der Waals surface area contributed by atoms with Crippen molar-refractivity contribution in [1.29, 1.82) is 0 Å². The zero-order valence-corrected chi connectivity index (χ0v) is 16.0. The molecule has 0 radical (unpaired) electrons. The van der Waals surface area contributed by atoms with Gasteiger partial charge in [0.15, 0.2) is 12.6 Å². The summed E-state index contributed by atoms with van der Waals surface area (Å²) in [5, 5.41) is 69.7. The normalized spacial score (nSPS) is 42.2. The summed E-state index contributed by atoms with van der Waals surface area (Å²) in [6, 6.07) is 9.07. The van der Waals surface area contributed by atoms with Crippen molar-refractivity contribution in [3.8, 4) is 0 Å². The summed E-state index contributed by atoms with van der Waals surface area (Å²) >= 11 is 0. The van der Waals surface area contributed by atoms with Crippen molar-refractivity contribution in [2.45, 2.75) is 68.0 Å². The Morgan fingerprint density at radius 3 is 1.93 bits per heavy atom. The Bertz CT molecular complexity index is 643. The zero-order chi connectivity index (χ0) is 21.8. The average Bonchev–Trinajstić information content (AvgIpc) is 2.77. The Kier molecular flexibility index (Phi) is 8.12. The first-order valence-electron chi connectivity index (χ1n) is 9.61. The smallest absolute Gasteiger partial charge is 0.187 e. The van der Waals surface area contributed by atoms with Gasteiger partial charge >= 0.3 is 0 Å². The first-order valence-corrected chi connectivity index (χ1v) is 9.61. The Hall–Kier alpha value is -1.22. The van der Waals surface area contributed by atoms with Crippen molar-refractivity contribution < 1.29 is 54.7 Å². The van der Waals surface area contributed by atoms with Crippen LogP contribution in [0.2, 0.25) is 0 Å². The van der Waals surface area contributed by atoms with E-state index in [1.165, 1.54) is 0 Å². The third-order valence-corrected chi connectivity index (χ3v) is 5.22. The van der Waals surface area contributed by atoms with Crippen LogP contribution >= 0.6 is 0 Å². The second-order valence-electron chi connectivity index (χ2n) is 7.30. The fourth-order valence-corrected chi connectivity index (χ4v) is 3.45. The van der Waals surface area contributed by atoms with E-state index < -0.39 is 74.6 Å². The van der Waals surface area contributed by atoms with E-state index in [2.05, 4.69) is 0 Å². The average molecular weight is 432 g/mol. The van der Waals surface area contributed by atoms with E-state index in [1.54, 1.807) is 12.1 Å². The van der Waals surface area contributed by atoms with E-state index >= 15 is 0 Å². The van der Waals surface area contributed by atoms with Gasteiger partial charge in [-0.2, -0.15) is 0 Å². The van der Waals surface area contributed by atoms with Crippen LogP contribution in [0.15, 0.2) is 30.3 Å². The van der Waals surface area contributed by atoms with Gasteiger partial charge in [0.25, 0.3) is 0 Å². The molecular formula is C19H28O11. The number of hydrogen-bond acceptors (Lipinski definition) is 11. The fourth-order valence-electron chi connectivity index (χ4n) is 3.45. The Morgan fingerprint density at radius 2 is 1.30 bits per heavy atom. The maximum absolute atomic E-state index is 10.5. The molecule has 11 nitrogen and oxygen atoms in total. The number of hydrogen-bond donors (Lipinski definition) is 7. The standard InChI is InChI=1S/C19H28O11/c20-6-10-12(22)13(23)15(25)19(28-10)30-17-11(7-21)29-18(16(26)14(17)24)27-8-9-4-2-1-3-5-9/h1-5,10-26H,6-8H2/t10-,11-,12-,13+,14-,15-,16-,17-,18+,19-/m1/s1. The molecule has 2 aliphatic rings. The van der Waals surface area contributed by atoms with Gasteiger partial charge in [-0.25, -0.2) is 0 Å². The molecule has 0 amide bonds. The molecule has 3 rings (SSSR count). The van der Waals surface area contributed by atoms with Gasteiger partial charge in [0.1, 0.15) is 48.8 Å². The molecule has 2 heterocycles. The summed E-state index contributed by atoms with van der Waals surface area (Å²) in [5.74, 6) is 0. The number of ether oxygens (including phenoxy) is 4. The van der Waals surface area contributed by atoms with Crippen LogP contribution in [0.1, 0.15) is 5.56 Å². The molecule has 0 aliphatic carbocycles. The van der Waals surface area contributed by atoms with Crippen LogP contribution in [0.4, 0.5) is 0 Å². The number of aliphatic hydroxyl groups is 7. The predicted molar refractivity (Wildman–Crippen MR) is 97.6 cm³/mol. The lowest BCUT2D eigenvalue weighted by atomic mass is 9.97. The van der Waals surface area contributed by atoms with Gasteiger partial charge in [-0.3, -0.25) is 0 Å². The van der Waals surface area contributed by atoms with E-state index in [1.807, 2.05) is 18.2 Å². The van der Waals surface area contributed by atoms with Crippen LogP contribution < -0.4 is 0 Å². The Labute approximate surface area is 172 Å². The fraction of sp³-hybridized carbons (Fsp3) is 0.684. The Balaban J connectivity index is 1.66. The van der Waals surface area contributed by atoms with Gasteiger partial charge in [-0.15, -0.1) is 0 Å². The minimum atomic E-state index is -1.71. The molecule has 10 atom stereocenters. The highest BCUT2D eigenvalue weighted by atomic mass is 16.7. The van der Waals surface area contributed by atoms with E-state index in [-0.39, 0.29) is 6.61 Å². The second kappa shape index (κ2) is 10.4. The van der Waals surface area contributed by atoms with Crippen LogP contribution in [0, 0.1) is 0 Å². The molecule has 2 fully saturated rings. The van der Waals surface area contributed by atoms with Gasteiger partial charge in [0.2, 0.25) is 0 Å². The lowest BCUT2D eigenvalue weighted by Crippen LogP contribution is -2.64. The van der Waals surface area contributed by atoms with Crippen molar-refractivity contribution in [3.63, 3.8) is 0 Å². The minimum Gasteiger partial charge on any atom is -0.394 e. The topological polar surface area (TPSA) is 179 Å². The molecule has 2 saturated heterocycles. The molecule has 0 unspecified atom stereocenters. The summed E-state index contributed by atoms with van der Waals surface area (Å²) in [7, 11) is 0. The zero-order valence-electron chi connectivity index (χ0n) is 16.0. The second-order valence-corrected chi connectivity index (χ2v) is 7.30. The van der Waals surface area contributed by atoms with E-state index in [0.717, 1.165) is 5.56 Å². The van der Waals surface area contributed by atoms with E-state index in [4.69, 9.17) is 18.9 Å². The maximum Gasteiger partial charge on any atom is 0.187 e. The molecule has 7 N–H and O–H groups in total.